The van der Waals surface area contributed by atoms with Crippen molar-refractivity contribution in [1.29, 1.82) is 0 Å². The van der Waals surface area contributed by atoms with Gasteiger partial charge in [0.2, 0.25) is 0 Å². The van der Waals surface area contributed by atoms with Gasteiger partial charge in [0.1, 0.15) is 0 Å². The number of hydrogen-bond acceptors (Lipinski definition) is 4. The quantitative estimate of drug-likeness (QED) is 0.513. The molecular formula is C25H24N2O3. The Kier molecular flexibility index (Phi) is 5.09. The molecule has 5 nitrogen and oxygen atoms in total. The maximum atomic E-state index is 12.5. The Labute approximate surface area is 174 Å². The SMILES string of the molecule is O=c1[nH]ccc2cc(CO)c3ccc(-c4ccc(CN5CCOCC5)cc4)cc3c12. The number of morpholine rings is 1. The van der Waals surface area contributed by atoms with Crippen molar-refractivity contribution < 1.29 is 9.84 Å². The molecule has 1 aliphatic rings. The average Bonchev–Trinajstić information content (AvgIpc) is 2.79. The second-order valence-corrected chi connectivity index (χ2v) is 7.81. The standard InChI is InChI=1S/C25H24N2O3/c28-16-21-13-20-7-8-26-25(29)24(20)23-14-19(5-6-22(21)23)18-3-1-17(2-4-18)15-27-9-11-30-12-10-27/h1-8,13-14,28H,9-12,15-16H2,(H,26,29). The molecule has 0 saturated carbocycles. The molecule has 2 heterocycles. The van der Waals surface area contributed by atoms with E-state index < -0.39 is 0 Å². The van der Waals surface area contributed by atoms with Crippen LogP contribution in [0.2, 0.25) is 0 Å². The van der Waals surface area contributed by atoms with E-state index >= 15 is 0 Å². The van der Waals surface area contributed by atoms with Crippen molar-refractivity contribution in [2.24, 2.45) is 0 Å². The zero-order valence-electron chi connectivity index (χ0n) is 16.7. The Bertz CT molecular complexity index is 1260. The summed E-state index contributed by atoms with van der Waals surface area (Å²) < 4.78 is 5.42. The number of fused-ring (bicyclic) bond motifs is 3. The number of nitrogens with zero attached hydrogens (tertiary/aromatic N) is 1. The van der Waals surface area contributed by atoms with E-state index in [2.05, 4.69) is 46.3 Å². The molecule has 4 aromatic rings. The minimum Gasteiger partial charge on any atom is -0.392 e. The zero-order valence-corrected chi connectivity index (χ0v) is 16.7. The molecule has 0 amide bonds. The van der Waals surface area contributed by atoms with Crippen LogP contribution in [0.5, 0.6) is 0 Å². The van der Waals surface area contributed by atoms with Gasteiger partial charge in [-0.05, 0) is 56.6 Å². The third-order valence-corrected chi connectivity index (χ3v) is 5.93. The summed E-state index contributed by atoms with van der Waals surface area (Å²) in [6.07, 6.45) is 1.65. The summed E-state index contributed by atoms with van der Waals surface area (Å²) in [5.41, 5.74) is 4.17. The summed E-state index contributed by atoms with van der Waals surface area (Å²) in [4.78, 5) is 17.7. The molecule has 0 aliphatic carbocycles. The number of ether oxygens (including phenoxy) is 1. The second kappa shape index (κ2) is 8.03. The molecule has 152 valence electrons. The summed E-state index contributed by atoms with van der Waals surface area (Å²) in [5.74, 6) is 0. The van der Waals surface area contributed by atoms with Gasteiger partial charge in [-0.2, -0.15) is 0 Å². The van der Waals surface area contributed by atoms with Crippen molar-refractivity contribution in [3.8, 4) is 11.1 Å². The van der Waals surface area contributed by atoms with Crippen LogP contribution in [-0.4, -0.2) is 41.3 Å². The van der Waals surface area contributed by atoms with Gasteiger partial charge in [-0.25, -0.2) is 0 Å². The molecule has 1 aromatic heterocycles. The van der Waals surface area contributed by atoms with E-state index in [0.29, 0.717) is 5.39 Å². The Morgan fingerprint density at radius 2 is 1.70 bits per heavy atom. The van der Waals surface area contributed by atoms with Crippen LogP contribution >= 0.6 is 0 Å². The highest BCUT2D eigenvalue weighted by atomic mass is 16.5. The Balaban J connectivity index is 1.54. The smallest absolute Gasteiger partial charge is 0.256 e. The molecule has 0 spiro atoms. The summed E-state index contributed by atoms with van der Waals surface area (Å²) >= 11 is 0. The predicted octanol–water partition coefficient (Wildman–Crippen LogP) is 3.67. The third-order valence-electron chi connectivity index (χ3n) is 5.93. The first-order chi connectivity index (χ1) is 14.7. The first-order valence-electron chi connectivity index (χ1n) is 10.3. The van der Waals surface area contributed by atoms with Gasteiger partial charge in [-0.3, -0.25) is 9.69 Å². The number of aliphatic hydroxyl groups excluding tert-OH is 1. The van der Waals surface area contributed by atoms with Crippen molar-refractivity contribution >= 4 is 21.5 Å². The van der Waals surface area contributed by atoms with Crippen LogP contribution < -0.4 is 5.56 Å². The van der Waals surface area contributed by atoms with E-state index in [1.54, 1.807) is 6.20 Å². The number of aliphatic hydroxyl groups is 1. The summed E-state index contributed by atoms with van der Waals surface area (Å²) in [5, 5.41) is 13.1. The van der Waals surface area contributed by atoms with E-state index in [1.807, 2.05) is 18.2 Å². The molecule has 0 radical (unpaired) electrons. The molecule has 5 rings (SSSR count). The number of aromatic amines is 1. The van der Waals surface area contributed by atoms with Crippen LogP contribution in [0.4, 0.5) is 0 Å². The van der Waals surface area contributed by atoms with Gasteiger partial charge in [-0.15, -0.1) is 0 Å². The number of pyridine rings is 1. The van der Waals surface area contributed by atoms with Gasteiger partial charge in [0.25, 0.3) is 5.56 Å². The van der Waals surface area contributed by atoms with E-state index in [9.17, 15) is 9.90 Å². The normalized spacial score (nSPS) is 15.1. The molecule has 2 N–H and O–H groups in total. The van der Waals surface area contributed by atoms with Gasteiger partial charge in [0.05, 0.1) is 25.2 Å². The lowest BCUT2D eigenvalue weighted by Crippen LogP contribution is -2.35. The fourth-order valence-electron chi connectivity index (χ4n) is 4.32. The predicted molar refractivity (Wildman–Crippen MR) is 120 cm³/mol. The monoisotopic (exact) mass is 400 g/mol. The molecule has 3 aromatic carbocycles. The number of hydrogen-bond donors (Lipinski definition) is 2. The molecule has 1 saturated heterocycles. The largest absolute Gasteiger partial charge is 0.392 e. The van der Waals surface area contributed by atoms with Crippen LogP contribution in [0.3, 0.4) is 0 Å². The Morgan fingerprint density at radius 3 is 2.47 bits per heavy atom. The molecular weight excluding hydrogens is 376 g/mol. The van der Waals surface area contributed by atoms with Crippen LogP contribution in [0.25, 0.3) is 32.7 Å². The van der Waals surface area contributed by atoms with Crippen molar-refractivity contribution in [2.75, 3.05) is 26.3 Å². The lowest BCUT2D eigenvalue weighted by Gasteiger charge is -2.26. The third kappa shape index (κ3) is 3.52. The molecule has 0 unspecified atom stereocenters. The Morgan fingerprint density at radius 1 is 0.933 bits per heavy atom. The average molecular weight is 400 g/mol. The first kappa shape index (κ1) is 19.0. The lowest BCUT2D eigenvalue weighted by atomic mass is 9.94. The minimum absolute atomic E-state index is 0.0607. The molecule has 1 fully saturated rings. The van der Waals surface area contributed by atoms with E-state index in [0.717, 1.165) is 65.7 Å². The van der Waals surface area contributed by atoms with Crippen LogP contribution in [0, 0.1) is 0 Å². The topological polar surface area (TPSA) is 65.6 Å². The van der Waals surface area contributed by atoms with E-state index in [4.69, 9.17) is 4.74 Å². The highest BCUT2D eigenvalue weighted by Crippen LogP contribution is 2.31. The first-order valence-corrected chi connectivity index (χ1v) is 10.3. The Hall–Kier alpha value is -2.99. The number of aromatic nitrogens is 1. The minimum atomic E-state index is -0.111. The number of nitrogens with one attached hydrogen (secondary N) is 1. The van der Waals surface area contributed by atoms with Gasteiger partial charge in [-0.1, -0.05) is 36.4 Å². The molecule has 0 bridgehead atoms. The molecule has 0 atom stereocenters. The highest BCUT2D eigenvalue weighted by Gasteiger charge is 2.12. The summed E-state index contributed by atoms with van der Waals surface area (Å²) in [7, 11) is 0. The maximum Gasteiger partial charge on any atom is 0.256 e. The van der Waals surface area contributed by atoms with Crippen molar-refractivity contribution in [3.63, 3.8) is 0 Å². The van der Waals surface area contributed by atoms with Crippen molar-refractivity contribution in [3.05, 3.63) is 82.3 Å². The number of H-pyrrole nitrogens is 1. The molecule has 1 aliphatic heterocycles. The van der Waals surface area contributed by atoms with Crippen LogP contribution in [0.15, 0.2) is 65.6 Å². The van der Waals surface area contributed by atoms with Gasteiger partial charge < -0.3 is 14.8 Å². The van der Waals surface area contributed by atoms with E-state index in [1.165, 1.54) is 5.56 Å². The molecule has 5 heteroatoms. The second-order valence-electron chi connectivity index (χ2n) is 7.81. The number of benzene rings is 3. The van der Waals surface area contributed by atoms with Crippen LogP contribution in [0.1, 0.15) is 11.1 Å². The van der Waals surface area contributed by atoms with E-state index in [-0.39, 0.29) is 12.2 Å². The summed E-state index contributed by atoms with van der Waals surface area (Å²) in [6, 6.07) is 18.5. The van der Waals surface area contributed by atoms with Gasteiger partial charge in [0, 0.05) is 25.8 Å². The van der Waals surface area contributed by atoms with Crippen LogP contribution in [-0.2, 0) is 17.9 Å². The number of rotatable bonds is 4. The molecule has 30 heavy (non-hydrogen) atoms. The van der Waals surface area contributed by atoms with Gasteiger partial charge in [0.15, 0.2) is 0 Å². The van der Waals surface area contributed by atoms with Gasteiger partial charge >= 0.3 is 0 Å². The summed E-state index contributed by atoms with van der Waals surface area (Å²) in [6.45, 7) is 4.43. The van der Waals surface area contributed by atoms with Crippen molar-refractivity contribution in [1.82, 2.24) is 9.88 Å². The fraction of sp³-hybridized carbons (Fsp3) is 0.240. The highest BCUT2D eigenvalue weighted by molar-refractivity contribution is 6.09. The van der Waals surface area contributed by atoms with Crippen molar-refractivity contribution in [2.45, 2.75) is 13.2 Å². The lowest BCUT2D eigenvalue weighted by molar-refractivity contribution is 0.0342. The maximum absolute atomic E-state index is 12.5. The zero-order chi connectivity index (χ0) is 20.5. The fourth-order valence-corrected chi connectivity index (χ4v) is 4.32.